The summed E-state index contributed by atoms with van der Waals surface area (Å²) in [5.41, 5.74) is 2.07. The molecule has 0 radical (unpaired) electrons. The minimum Gasteiger partial charge on any atom is -0.322 e. The van der Waals surface area contributed by atoms with Crippen LogP contribution in [0, 0.1) is 0 Å². The van der Waals surface area contributed by atoms with E-state index in [1.54, 1.807) is 35.6 Å². The van der Waals surface area contributed by atoms with E-state index in [0.29, 0.717) is 23.4 Å². The molecule has 0 unspecified atom stereocenters. The summed E-state index contributed by atoms with van der Waals surface area (Å²) in [6, 6.07) is 9.09. The Labute approximate surface area is 158 Å². The fourth-order valence-electron chi connectivity index (χ4n) is 2.93. The van der Waals surface area contributed by atoms with Gasteiger partial charge in [-0.1, -0.05) is 6.92 Å². The number of piperazine rings is 1. The Morgan fingerprint density at radius 1 is 1.08 bits per heavy atom. The van der Waals surface area contributed by atoms with E-state index in [1.807, 2.05) is 11.4 Å². The molecular weight excluding hydrogens is 346 g/mol. The zero-order valence-corrected chi connectivity index (χ0v) is 16.1. The highest BCUT2D eigenvalue weighted by molar-refractivity contribution is 7.10. The van der Waals surface area contributed by atoms with E-state index < -0.39 is 0 Å². The highest BCUT2D eigenvalue weighted by atomic mass is 32.1. The van der Waals surface area contributed by atoms with Gasteiger partial charge in [0.2, 0.25) is 0 Å². The Balaban J connectivity index is 1.55. The van der Waals surface area contributed by atoms with Crippen LogP contribution in [0.1, 0.15) is 32.5 Å². The molecule has 6 heteroatoms. The predicted molar refractivity (Wildman–Crippen MR) is 106 cm³/mol. The first-order valence-electron chi connectivity index (χ1n) is 8.98. The van der Waals surface area contributed by atoms with Gasteiger partial charge >= 0.3 is 0 Å². The van der Waals surface area contributed by atoms with Crippen molar-refractivity contribution in [1.29, 1.82) is 0 Å². The molecule has 0 spiro atoms. The summed E-state index contributed by atoms with van der Waals surface area (Å²) in [7, 11) is 2.10. The molecule has 1 aliphatic rings. The van der Waals surface area contributed by atoms with Gasteiger partial charge in [-0.3, -0.25) is 14.5 Å². The first-order valence-corrected chi connectivity index (χ1v) is 9.86. The van der Waals surface area contributed by atoms with Crippen LogP contribution in [0.5, 0.6) is 0 Å². The molecule has 5 nitrogen and oxygen atoms in total. The van der Waals surface area contributed by atoms with Gasteiger partial charge in [-0.05, 0) is 43.8 Å². The van der Waals surface area contributed by atoms with Crippen molar-refractivity contribution in [3.8, 4) is 0 Å². The van der Waals surface area contributed by atoms with Crippen molar-refractivity contribution in [2.24, 2.45) is 0 Å². The van der Waals surface area contributed by atoms with Gasteiger partial charge in [0.05, 0.1) is 12.1 Å². The summed E-state index contributed by atoms with van der Waals surface area (Å²) in [6.07, 6.45) is 0.933. The van der Waals surface area contributed by atoms with Gasteiger partial charge in [0, 0.05) is 47.7 Å². The molecule has 1 aromatic heterocycles. The lowest BCUT2D eigenvalue weighted by Gasteiger charge is -2.31. The summed E-state index contributed by atoms with van der Waals surface area (Å²) in [5.74, 6) is 0.00955. The number of ketones is 1. The van der Waals surface area contributed by atoms with Crippen molar-refractivity contribution in [2.75, 3.05) is 45.1 Å². The first-order chi connectivity index (χ1) is 12.5. The number of rotatable bonds is 6. The number of hydrogen-bond acceptors (Lipinski definition) is 5. The van der Waals surface area contributed by atoms with Gasteiger partial charge in [-0.2, -0.15) is 0 Å². The van der Waals surface area contributed by atoms with E-state index in [4.69, 9.17) is 0 Å². The highest BCUT2D eigenvalue weighted by Crippen LogP contribution is 2.17. The third-order valence-corrected chi connectivity index (χ3v) is 5.77. The molecule has 0 atom stereocenters. The van der Waals surface area contributed by atoms with Crippen LogP contribution < -0.4 is 5.32 Å². The summed E-state index contributed by atoms with van der Waals surface area (Å²) >= 11 is 1.60. The lowest BCUT2D eigenvalue weighted by molar-refractivity contribution is 0.0876. The number of nitrogens with zero attached hydrogens (tertiary/aromatic N) is 2. The number of carbonyl (C=O) groups is 2. The molecule has 26 heavy (non-hydrogen) atoms. The Morgan fingerprint density at radius 2 is 1.77 bits per heavy atom. The molecule has 1 amide bonds. The van der Waals surface area contributed by atoms with Gasteiger partial charge in [-0.15, -0.1) is 11.3 Å². The van der Waals surface area contributed by atoms with Crippen LogP contribution in [0.4, 0.5) is 5.69 Å². The molecule has 0 saturated carbocycles. The second kappa shape index (κ2) is 8.58. The molecule has 1 saturated heterocycles. The van der Waals surface area contributed by atoms with Crippen molar-refractivity contribution in [3.05, 3.63) is 51.7 Å². The number of Topliss-reactive ketones (excluding diaryl/α,β-unsaturated/α-hetero) is 1. The molecule has 2 heterocycles. The fraction of sp³-hybridized carbons (Fsp3) is 0.400. The van der Waals surface area contributed by atoms with Gasteiger partial charge in [0.15, 0.2) is 5.78 Å². The lowest BCUT2D eigenvalue weighted by Crippen LogP contribution is -2.46. The number of amides is 1. The molecule has 0 aliphatic carbocycles. The maximum Gasteiger partial charge on any atom is 0.256 e. The maximum atomic E-state index is 12.4. The second-order valence-electron chi connectivity index (χ2n) is 6.69. The van der Waals surface area contributed by atoms with Gasteiger partial charge in [0.1, 0.15) is 0 Å². The molecule has 1 aromatic carbocycles. The minimum atomic E-state index is -0.113. The van der Waals surface area contributed by atoms with E-state index in [1.165, 1.54) is 4.88 Å². The molecule has 1 aliphatic heterocycles. The summed E-state index contributed by atoms with van der Waals surface area (Å²) < 4.78 is 0. The number of benzene rings is 1. The first kappa shape index (κ1) is 18.8. The summed E-state index contributed by atoms with van der Waals surface area (Å²) in [6.45, 7) is 6.38. The standard InChI is InChI=1S/C20H25N3O2S/c1-3-18-12-16(14-26-18)20(25)21-17-6-4-15(5-7-17)19(24)13-23-10-8-22(2)9-11-23/h4-7,12,14H,3,8-11,13H2,1-2H3,(H,21,25). The van der Waals surface area contributed by atoms with E-state index in [0.717, 1.165) is 32.6 Å². The maximum absolute atomic E-state index is 12.4. The van der Waals surface area contributed by atoms with Crippen molar-refractivity contribution >= 4 is 28.7 Å². The van der Waals surface area contributed by atoms with Gasteiger partial charge in [0.25, 0.3) is 5.91 Å². The topological polar surface area (TPSA) is 52.7 Å². The normalized spacial score (nSPS) is 15.8. The van der Waals surface area contributed by atoms with Crippen LogP contribution in [0.25, 0.3) is 0 Å². The van der Waals surface area contributed by atoms with E-state index >= 15 is 0 Å². The SMILES string of the molecule is CCc1cc(C(=O)Nc2ccc(C(=O)CN3CCN(C)CC3)cc2)cs1. The average molecular weight is 372 g/mol. The molecule has 1 N–H and O–H groups in total. The zero-order chi connectivity index (χ0) is 18.5. The molecule has 1 fully saturated rings. The Morgan fingerprint density at radius 3 is 2.38 bits per heavy atom. The van der Waals surface area contributed by atoms with Gasteiger partial charge in [-0.25, -0.2) is 0 Å². The lowest BCUT2D eigenvalue weighted by atomic mass is 10.1. The quantitative estimate of drug-likeness (QED) is 0.793. The second-order valence-corrected chi connectivity index (χ2v) is 7.69. The van der Waals surface area contributed by atoms with Crippen LogP contribution >= 0.6 is 11.3 Å². The predicted octanol–water partition coefficient (Wildman–Crippen LogP) is 2.99. The summed E-state index contributed by atoms with van der Waals surface area (Å²) in [5, 5.41) is 4.77. The van der Waals surface area contributed by atoms with E-state index in [9.17, 15) is 9.59 Å². The number of aryl methyl sites for hydroxylation is 1. The van der Waals surface area contributed by atoms with Crippen LogP contribution in [0.15, 0.2) is 35.7 Å². The Bertz CT molecular complexity index is 762. The molecule has 2 aromatic rings. The molecular formula is C20H25N3O2S. The Kier molecular flexibility index (Phi) is 6.19. The van der Waals surface area contributed by atoms with Crippen LogP contribution in [0.2, 0.25) is 0 Å². The monoisotopic (exact) mass is 371 g/mol. The Hall–Kier alpha value is -2.02. The summed E-state index contributed by atoms with van der Waals surface area (Å²) in [4.78, 5) is 30.4. The smallest absolute Gasteiger partial charge is 0.256 e. The van der Waals surface area contributed by atoms with Gasteiger partial charge < -0.3 is 10.2 Å². The van der Waals surface area contributed by atoms with Crippen molar-refractivity contribution in [3.63, 3.8) is 0 Å². The third-order valence-electron chi connectivity index (χ3n) is 4.69. The number of carbonyl (C=O) groups excluding carboxylic acids is 2. The number of nitrogens with one attached hydrogen (secondary N) is 1. The van der Waals surface area contributed by atoms with Crippen LogP contribution in [0.3, 0.4) is 0 Å². The highest BCUT2D eigenvalue weighted by Gasteiger charge is 2.17. The van der Waals surface area contributed by atoms with Crippen molar-refractivity contribution in [1.82, 2.24) is 9.80 Å². The van der Waals surface area contributed by atoms with E-state index in [-0.39, 0.29) is 11.7 Å². The molecule has 3 rings (SSSR count). The average Bonchev–Trinajstić information content (AvgIpc) is 3.13. The number of likely N-dealkylation sites (N-methyl/N-ethyl adjacent to an activating group) is 1. The van der Waals surface area contributed by atoms with Crippen LogP contribution in [-0.2, 0) is 6.42 Å². The number of hydrogen-bond donors (Lipinski definition) is 1. The van der Waals surface area contributed by atoms with E-state index in [2.05, 4.69) is 29.1 Å². The number of thiophene rings is 1. The van der Waals surface area contributed by atoms with Crippen molar-refractivity contribution < 1.29 is 9.59 Å². The van der Waals surface area contributed by atoms with Crippen LogP contribution in [-0.4, -0.2) is 61.3 Å². The minimum absolute atomic E-state index is 0.113. The fourth-order valence-corrected chi connectivity index (χ4v) is 3.74. The number of anilines is 1. The third kappa shape index (κ3) is 4.78. The molecule has 0 bridgehead atoms. The zero-order valence-electron chi connectivity index (χ0n) is 15.3. The molecule has 138 valence electrons. The largest absolute Gasteiger partial charge is 0.322 e. The van der Waals surface area contributed by atoms with Crippen molar-refractivity contribution in [2.45, 2.75) is 13.3 Å².